The normalized spacial score (nSPS) is 17.6. The van der Waals surface area contributed by atoms with E-state index in [0.717, 1.165) is 16.7 Å². The van der Waals surface area contributed by atoms with E-state index in [4.69, 9.17) is 4.74 Å². The fourth-order valence-electron chi connectivity index (χ4n) is 4.16. The summed E-state index contributed by atoms with van der Waals surface area (Å²) in [5.41, 5.74) is 3.55. The number of aryl methyl sites for hydroxylation is 2. The first-order valence-electron chi connectivity index (χ1n) is 10.1. The Bertz CT molecular complexity index is 1210. The summed E-state index contributed by atoms with van der Waals surface area (Å²) in [6.45, 7) is 3.94. The van der Waals surface area contributed by atoms with Gasteiger partial charge < -0.3 is 14.7 Å². The van der Waals surface area contributed by atoms with E-state index < -0.39 is 17.7 Å². The monoisotopic (exact) mass is 429 g/mol. The second-order valence-corrected chi connectivity index (χ2v) is 7.73. The molecule has 1 N–H and O–H groups in total. The van der Waals surface area contributed by atoms with Gasteiger partial charge >= 0.3 is 0 Å². The number of carbonyl (C=O) groups excluding carboxylic acids is 2. The molecule has 0 aliphatic carbocycles. The highest BCUT2D eigenvalue weighted by Crippen LogP contribution is 2.42. The number of nitrogens with zero attached hydrogens (tertiary/aromatic N) is 3. The predicted octanol–water partition coefficient (Wildman–Crippen LogP) is 3.72. The maximum Gasteiger partial charge on any atom is 0.295 e. The number of rotatable bonds is 5. The molecule has 1 atom stereocenters. The minimum absolute atomic E-state index is 0.0142. The van der Waals surface area contributed by atoms with Crippen LogP contribution in [0.15, 0.2) is 66.8 Å². The quantitative estimate of drug-likeness (QED) is 0.378. The van der Waals surface area contributed by atoms with Crippen molar-refractivity contribution < 1.29 is 19.4 Å². The molecule has 0 bridgehead atoms. The van der Waals surface area contributed by atoms with Crippen LogP contribution in [0.2, 0.25) is 0 Å². The molecule has 1 unspecified atom stereocenters. The molecule has 0 spiro atoms. The molecular formula is C25H23N3O4. The summed E-state index contributed by atoms with van der Waals surface area (Å²) in [5, 5.41) is 11.4. The number of amides is 1. The summed E-state index contributed by atoms with van der Waals surface area (Å²) < 4.78 is 5.51. The molecule has 2 aromatic heterocycles. The molecule has 7 nitrogen and oxygen atoms in total. The maximum atomic E-state index is 13.2. The Labute approximate surface area is 186 Å². The smallest absolute Gasteiger partial charge is 0.295 e. The molecule has 0 saturated carbocycles. The van der Waals surface area contributed by atoms with E-state index in [0.29, 0.717) is 16.9 Å². The van der Waals surface area contributed by atoms with Crippen molar-refractivity contribution in [1.29, 1.82) is 0 Å². The number of carbonyl (C=O) groups is 2. The molecule has 3 heterocycles. The molecule has 1 aliphatic rings. The number of benzene rings is 1. The van der Waals surface area contributed by atoms with Crippen molar-refractivity contribution >= 4 is 17.4 Å². The van der Waals surface area contributed by atoms with E-state index in [9.17, 15) is 14.7 Å². The first kappa shape index (κ1) is 21.2. The van der Waals surface area contributed by atoms with Crippen molar-refractivity contribution in [3.63, 3.8) is 0 Å². The predicted molar refractivity (Wildman–Crippen MR) is 119 cm³/mol. The van der Waals surface area contributed by atoms with Gasteiger partial charge in [-0.1, -0.05) is 12.1 Å². The number of likely N-dealkylation sites (tertiary alicyclic amines) is 1. The molecule has 162 valence electrons. The van der Waals surface area contributed by atoms with Gasteiger partial charge in [0.15, 0.2) is 0 Å². The Kier molecular flexibility index (Phi) is 5.73. The molecule has 0 radical (unpaired) electrons. The second kappa shape index (κ2) is 8.63. The molecule has 3 aromatic rings. The number of aliphatic hydroxyl groups excluding tert-OH is 1. The van der Waals surface area contributed by atoms with Crippen LogP contribution in [0.3, 0.4) is 0 Å². The fraction of sp³-hybridized carbons (Fsp3) is 0.200. The van der Waals surface area contributed by atoms with Crippen LogP contribution >= 0.6 is 0 Å². The third kappa shape index (κ3) is 3.73. The Balaban J connectivity index is 1.92. The SMILES string of the molecule is COc1c(C)cc(C)cc1/C(O)=C1\C(=O)C(=O)N(Cc2ccncc2)C1c1cccnc1. The van der Waals surface area contributed by atoms with Gasteiger partial charge in [-0.3, -0.25) is 19.6 Å². The lowest BCUT2D eigenvalue weighted by atomic mass is 9.94. The Hall–Kier alpha value is -4.00. The van der Waals surface area contributed by atoms with E-state index in [-0.39, 0.29) is 17.9 Å². The van der Waals surface area contributed by atoms with E-state index in [1.165, 1.54) is 12.0 Å². The first-order chi connectivity index (χ1) is 15.4. The van der Waals surface area contributed by atoms with E-state index >= 15 is 0 Å². The van der Waals surface area contributed by atoms with Crippen LogP contribution in [-0.4, -0.2) is 38.8 Å². The number of ketones is 1. The van der Waals surface area contributed by atoms with Crippen LogP contribution in [-0.2, 0) is 16.1 Å². The number of pyridine rings is 2. The van der Waals surface area contributed by atoms with E-state index in [2.05, 4.69) is 9.97 Å². The highest BCUT2D eigenvalue weighted by Gasteiger charge is 2.46. The topological polar surface area (TPSA) is 92.6 Å². The lowest BCUT2D eigenvalue weighted by Crippen LogP contribution is -2.29. The van der Waals surface area contributed by atoms with Gasteiger partial charge in [0.05, 0.1) is 24.3 Å². The van der Waals surface area contributed by atoms with Gasteiger partial charge in [0.2, 0.25) is 0 Å². The van der Waals surface area contributed by atoms with Crippen molar-refractivity contribution in [2.24, 2.45) is 0 Å². The number of methoxy groups -OCH3 is 1. The average Bonchev–Trinajstić information content (AvgIpc) is 3.04. The summed E-state index contributed by atoms with van der Waals surface area (Å²) in [6, 6.07) is 9.98. The summed E-state index contributed by atoms with van der Waals surface area (Å²) in [7, 11) is 1.51. The lowest BCUT2D eigenvalue weighted by molar-refractivity contribution is -0.140. The second-order valence-electron chi connectivity index (χ2n) is 7.73. The molecule has 1 saturated heterocycles. The molecule has 1 aliphatic heterocycles. The summed E-state index contributed by atoms with van der Waals surface area (Å²) >= 11 is 0. The maximum absolute atomic E-state index is 13.2. The van der Waals surface area contributed by atoms with Crippen molar-refractivity contribution in [1.82, 2.24) is 14.9 Å². The largest absolute Gasteiger partial charge is 0.507 e. The zero-order valence-electron chi connectivity index (χ0n) is 18.1. The third-order valence-corrected chi connectivity index (χ3v) is 5.52. The van der Waals surface area contributed by atoms with Crippen molar-refractivity contribution in [3.05, 3.63) is 94.6 Å². The number of aromatic nitrogens is 2. The lowest BCUT2D eigenvalue weighted by Gasteiger charge is -2.25. The number of ether oxygens (including phenoxy) is 1. The Morgan fingerprint density at radius 2 is 1.84 bits per heavy atom. The van der Waals surface area contributed by atoms with E-state index in [1.807, 2.05) is 19.9 Å². The molecule has 4 rings (SSSR count). The number of Topliss-reactive ketones (excluding diaryl/α,β-unsaturated/α-hetero) is 1. The minimum Gasteiger partial charge on any atom is -0.507 e. The molecular weight excluding hydrogens is 406 g/mol. The van der Waals surface area contributed by atoms with Gasteiger partial charge in [-0.15, -0.1) is 0 Å². The zero-order chi connectivity index (χ0) is 22.8. The van der Waals surface area contributed by atoms with Crippen molar-refractivity contribution in [2.45, 2.75) is 26.4 Å². The Morgan fingerprint density at radius 1 is 1.09 bits per heavy atom. The number of aliphatic hydroxyl groups is 1. The molecule has 1 amide bonds. The van der Waals surface area contributed by atoms with Crippen molar-refractivity contribution in [3.8, 4) is 5.75 Å². The van der Waals surface area contributed by atoms with Gasteiger partial charge in [0.1, 0.15) is 11.5 Å². The first-order valence-corrected chi connectivity index (χ1v) is 10.1. The molecule has 1 fully saturated rings. The molecule has 7 heteroatoms. The summed E-state index contributed by atoms with van der Waals surface area (Å²) in [6.07, 6.45) is 6.48. The molecule has 1 aromatic carbocycles. The zero-order valence-corrected chi connectivity index (χ0v) is 18.1. The van der Waals surface area contributed by atoms with Crippen LogP contribution in [0.1, 0.15) is 33.9 Å². The highest BCUT2D eigenvalue weighted by molar-refractivity contribution is 6.46. The van der Waals surface area contributed by atoms with Gasteiger partial charge in [0.25, 0.3) is 11.7 Å². The Morgan fingerprint density at radius 3 is 2.50 bits per heavy atom. The number of hydrogen-bond acceptors (Lipinski definition) is 6. The highest BCUT2D eigenvalue weighted by atomic mass is 16.5. The van der Waals surface area contributed by atoms with Gasteiger partial charge in [-0.2, -0.15) is 0 Å². The fourth-order valence-corrected chi connectivity index (χ4v) is 4.16. The van der Waals surface area contributed by atoms with Crippen LogP contribution in [0, 0.1) is 13.8 Å². The average molecular weight is 429 g/mol. The van der Waals surface area contributed by atoms with Gasteiger partial charge in [0, 0.05) is 31.3 Å². The van der Waals surface area contributed by atoms with Gasteiger partial charge in [-0.25, -0.2) is 0 Å². The van der Waals surface area contributed by atoms with E-state index in [1.54, 1.807) is 55.1 Å². The summed E-state index contributed by atoms with van der Waals surface area (Å²) in [4.78, 5) is 35.9. The third-order valence-electron chi connectivity index (χ3n) is 5.52. The number of hydrogen-bond donors (Lipinski definition) is 1. The standard InChI is InChI=1S/C25H23N3O4/c1-15-11-16(2)24(32-3)19(12-15)22(29)20-21(18-5-4-8-27-13-18)28(25(31)23(20)30)14-17-6-9-26-10-7-17/h4-13,21,29H,14H2,1-3H3/b22-20+. The van der Waals surface area contributed by atoms with Crippen molar-refractivity contribution in [2.75, 3.05) is 7.11 Å². The summed E-state index contributed by atoms with van der Waals surface area (Å²) in [5.74, 6) is -1.23. The van der Waals surface area contributed by atoms with Gasteiger partial charge in [-0.05, 0) is 60.4 Å². The minimum atomic E-state index is -0.789. The van der Waals surface area contributed by atoms with Crippen LogP contribution in [0.5, 0.6) is 5.75 Å². The molecule has 32 heavy (non-hydrogen) atoms. The van der Waals surface area contributed by atoms with Crippen LogP contribution in [0.25, 0.3) is 5.76 Å². The van der Waals surface area contributed by atoms with Crippen LogP contribution < -0.4 is 4.74 Å². The van der Waals surface area contributed by atoms with Crippen LogP contribution in [0.4, 0.5) is 0 Å².